The van der Waals surface area contributed by atoms with Gasteiger partial charge in [-0.15, -0.1) is 0 Å². The van der Waals surface area contributed by atoms with Crippen molar-refractivity contribution in [2.24, 2.45) is 0 Å². The summed E-state index contributed by atoms with van der Waals surface area (Å²) >= 11 is 0. The van der Waals surface area contributed by atoms with Crippen molar-refractivity contribution in [2.75, 3.05) is 5.32 Å². The lowest BCUT2D eigenvalue weighted by Gasteiger charge is -2.07. The number of anilines is 1. The highest BCUT2D eigenvalue weighted by Crippen LogP contribution is 2.23. The molecule has 1 saturated carbocycles. The largest absolute Gasteiger partial charge is 0.321 e. The molecule has 1 amide bonds. The highest BCUT2D eigenvalue weighted by atomic mass is 32.2. The molecule has 0 bridgehead atoms. The standard InChI is InChI=1S/C22H21N3O3S/c1-15-5-9-17-3-2-4-20(22(17)23-15)24-21(26)14-8-16-6-12-19(13-7-16)29(27,28)25-18-10-11-18/h2-9,12-14,18,25H,10-11H2,1H3,(H,24,26). The molecule has 0 saturated heterocycles. The molecular weight excluding hydrogens is 386 g/mol. The molecule has 0 radical (unpaired) electrons. The molecule has 1 aromatic heterocycles. The molecule has 0 atom stereocenters. The third-order valence-electron chi connectivity index (χ3n) is 4.63. The zero-order chi connectivity index (χ0) is 20.4. The molecule has 7 heteroatoms. The molecular formula is C22H21N3O3S. The van der Waals surface area contributed by atoms with Gasteiger partial charge in [0, 0.05) is 23.2 Å². The number of amides is 1. The second kappa shape index (κ2) is 7.77. The third-order valence-corrected chi connectivity index (χ3v) is 6.17. The van der Waals surface area contributed by atoms with Crippen LogP contribution in [-0.2, 0) is 14.8 Å². The van der Waals surface area contributed by atoms with E-state index >= 15 is 0 Å². The topological polar surface area (TPSA) is 88.2 Å². The Labute approximate surface area is 169 Å². The van der Waals surface area contributed by atoms with Gasteiger partial charge in [0.05, 0.1) is 16.1 Å². The summed E-state index contributed by atoms with van der Waals surface area (Å²) in [5, 5.41) is 3.81. The van der Waals surface area contributed by atoms with Crippen LogP contribution < -0.4 is 10.0 Å². The Morgan fingerprint density at radius 2 is 1.83 bits per heavy atom. The summed E-state index contributed by atoms with van der Waals surface area (Å²) in [5.41, 5.74) is 3.00. The van der Waals surface area contributed by atoms with Gasteiger partial charge in [0.15, 0.2) is 0 Å². The summed E-state index contributed by atoms with van der Waals surface area (Å²) < 4.78 is 27.0. The maximum atomic E-state index is 12.3. The number of carbonyl (C=O) groups is 1. The molecule has 1 fully saturated rings. The molecule has 0 spiro atoms. The molecule has 1 aliphatic rings. The van der Waals surface area contributed by atoms with Crippen LogP contribution in [0.3, 0.4) is 0 Å². The fourth-order valence-corrected chi connectivity index (χ4v) is 4.24. The van der Waals surface area contributed by atoms with E-state index in [0.29, 0.717) is 5.69 Å². The Morgan fingerprint density at radius 1 is 1.07 bits per heavy atom. The van der Waals surface area contributed by atoms with Crippen molar-refractivity contribution >= 4 is 38.6 Å². The van der Waals surface area contributed by atoms with Crippen LogP contribution in [0.25, 0.3) is 17.0 Å². The average Bonchev–Trinajstić information content (AvgIpc) is 3.50. The lowest BCUT2D eigenvalue weighted by molar-refractivity contribution is -0.111. The molecule has 2 N–H and O–H groups in total. The fourth-order valence-electron chi connectivity index (χ4n) is 2.94. The first-order valence-corrected chi connectivity index (χ1v) is 10.9. The van der Waals surface area contributed by atoms with E-state index in [-0.39, 0.29) is 16.8 Å². The Kier molecular flexibility index (Phi) is 5.17. The van der Waals surface area contributed by atoms with Crippen molar-refractivity contribution in [3.63, 3.8) is 0 Å². The second-order valence-electron chi connectivity index (χ2n) is 7.12. The van der Waals surface area contributed by atoms with E-state index in [0.717, 1.165) is 35.0 Å². The number of pyridine rings is 1. The fraction of sp³-hybridized carbons (Fsp3) is 0.182. The second-order valence-corrected chi connectivity index (χ2v) is 8.83. The number of carbonyl (C=O) groups excluding carboxylic acids is 1. The lowest BCUT2D eigenvalue weighted by Crippen LogP contribution is -2.25. The van der Waals surface area contributed by atoms with Gasteiger partial charge in [-0.3, -0.25) is 9.78 Å². The van der Waals surface area contributed by atoms with Crippen LogP contribution in [0, 0.1) is 6.92 Å². The first-order valence-electron chi connectivity index (χ1n) is 9.38. The first kappa shape index (κ1) is 19.3. The molecule has 29 heavy (non-hydrogen) atoms. The number of aryl methyl sites for hydroxylation is 1. The van der Waals surface area contributed by atoms with Crippen LogP contribution in [0.1, 0.15) is 24.1 Å². The van der Waals surface area contributed by atoms with Gasteiger partial charge in [0.2, 0.25) is 15.9 Å². The van der Waals surface area contributed by atoms with Crippen LogP contribution in [0.5, 0.6) is 0 Å². The highest BCUT2D eigenvalue weighted by Gasteiger charge is 2.27. The van der Waals surface area contributed by atoms with Gasteiger partial charge in [-0.05, 0) is 55.7 Å². The van der Waals surface area contributed by atoms with Gasteiger partial charge in [-0.2, -0.15) is 0 Å². The Morgan fingerprint density at radius 3 is 2.55 bits per heavy atom. The SMILES string of the molecule is Cc1ccc2cccc(NC(=O)C=Cc3ccc(S(=O)(=O)NC4CC4)cc3)c2n1. The van der Waals surface area contributed by atoms with Crippen LogP contribution >= 0.6 is 0 Å². The smallest absolute Gasteiger partial charge is 0.248 e. The van der Waals surface area contributed by atoms with Crippen molar-refractivity contribution < 1.29 is 13.2 Å². The van der Waals surface area contributed by atoms with Gasteiger partial charge < -0.3 is 5.32 Å². The number of benzene rings is 2. The number of hydrogen-bond acceptors (Lipinski definition) is 4. The van der Waals surface area contributed by atoms with Crippen molar-refractivity contribution in [3.8, 4) is 0 Å². The van der Waals surface area contributed by atoms with Crippen molar-refractivity contribution in [2.45, 2.75) is 30.7 Å². The van der Waals surface area contributed by atoms with Crippen LogP contribution in [0.2, 0.25) is 0 Å². The first-order chi connectivity index (χ1) is 13.9. The van der Waals surface area contributed by atoms with Crippen LogP contribution in [-0.4, -0.2) is 25.4 Å². The summed E-state index contributed by atoms with van der Waals surface area (Å²) in [6.07, 6.45) is 4.84. The van der Waals surface area contributed by atoms with Crippen LogP contribution in [0.15, 0.2) is 65.6 Å². The lowest BCUT2D eigenvalue weighted by atomic mass is 10.1. The number of nitrogens with zero attached hydrogens (tertiary/aromatic N) is 1. The number of fused-ring (bicyclic) bond motifs is 1. The van der Waals surface area contributed by atoms with Gasteiger partial charge in [0.25, 0.3) is 0 Å². The van der Waals surface area contributed by atoms with Crippen LogP contribution in [0.4, 0.5) is 5.69 Å². The predicted octanol–water partition coefficient (Wildman–Crippen LogP) is 3.64. The molecule has 148 valence electrons. The maximum Gasteiger partial charge on any atom is 0.248 e. The molecule has 4 rings (SSSR count). The molecule has 0 unspecified atom stereocenters. The number of hydrogen-bond donors (Lipinski definition) is 2. The number of rotatable bonds is 6. The number of sulfonamides is 1. The minimum atomic E-state index is -3.47. The highest BCUT2D eigenvalue weighted by molar-refractivity contribution is 7.89. The van der Waals surface area contributed by atoms with Gasteiger partial charge >= 0.3 is 0 Å². The third kappa shape index (κ3) is 4.70. The quantitative estimate of drug-likeness (QED) is 0.611. The monoisotopic (exact) mass is 407 g/mol. The van der Waals surface area contributed by atoms with Crippen molar-refractivity contribution in [1.82, 2.24) is 9.71 Å². The summed E-state index contributed by atoms with van der Waals surface area (Å²) in [6, 6.07) is 16.0. The summed E-state index contributed by atoms with van der Waals surface area (Å²) in [7, 11) is -3.47. The molecule has 1 aliphatic carbocycles. The van der Waals surface area contributed by atoms with E-state index in [1.165, 1.54) is 6.08 Å². The van der Waals surface area contributed by atoms with Gasteiger partial charge in [-0.1, -0.05) is 30.3 Å². The molecule has 2 aromatic carbocycles. The normalized spacial score (nSPS) is 14.4. The van der Waals surface area contributed by atoms with Gasteiger partial charge in [-0.25, -0.2) is 13.1 Å². The maximum absolute atomic E-state index is 12.3. The molecule has 6 nitrogen and oxygen atoms in total. The number of nitrogens with one attached hydrogen (secondary N) is 2. The van der Waals surface area contributed by atoms with E-state index < -0.39 is 10.0 Å². The summed E-state index contributed by atoms with van der Waals surface area (Å²) in [5.74, 6) is -0.284. The van der Waals surface area contributed by atoms with Crippen molar-refractivity contribution in [1.29, 1.82) is 0 Å². The number of aromatic nitrogens is 1. The Bertz CT molecular complexity index is 1200. The minimum Gasteiger partial charge on any atom is -0.321 e. The zero-order valence-electron chi connectivity index (χ0n) is 15.9. The van der Waals surface area contributed by atoms with E-state index in [9.17, 15) is 13.2 Å². The Balaban J connectivity index is 1.45. The molecule has 0 aliphatic heterocycles. The summed E-state index contributed by atoms with van der Waals surface area (Å²) in [6.45, 7) is 1.90. The molecule has 3 aromatic rings. The van der Waals surface area contributed by atoms with E-state index in [1.807, 2.05) is 37.3 Å². The Hall–Kier alpha value is -3.03. The number of para-hydroxylation sites is 1. The van der Waals surface area contributed by atoms with Crippen molar-refractivity contribution in [3.05, 3.63) is 71.9 Å². The van der Waals surface area contributed by atoms with E-state index in [2.05, 4.69) is 15.0 Å². The predicted molar refractivity (Wildman–Crippen MR) is 114 cm³/mol. The van der Waals surface area contributed by atoms with Gasteiger partial charge in [0.1, 0.15) is 0 Å². The van der Waals surface area contributed by atoms with E-state index in [4.69, 9.17) is 0 Å². The minimum absolute atomic E-state index is 0.0654. The zero-order valence-corrected chi connectivity index (χ0v) is 16.7. The molecule has 1 heterocycles. The summed E-state index contributed by atoms with van der Waals surface area (Å²) in [4.78, 5) is 17.1. The average molecular weight is 407 g/mol. The van der Waals surface area contributed by atoms with E-state index in [1.54, 1.807) is 30.3 Å².